The standard InChI is InChI=1S/C12H17BrN2O3S/c1-4-15(3)12(16)9(2)14-19(17,18)11-7-5-10(13)6-8-11/h5-9,14H,4H2,1-3H3. The number of likely N-dealkylation sites (N-methyl/N-ethyl adjacent to an activating group) is 1. The van der Waals surface area contributed by atoms with Crippen molar-refractivity contribution in [2.45, 2.75) is 24.8 Å². The summed E-state index contributed by atoms with van der Waals surface area (Å²) in [6, 6.07) is 5.44. The van der Waals surface area contributed by atoms with Crippen molar-refractivity contribution < 1.29 is 13.2 Å². The van der Waals surface area contributed by atoms with Crippen LogP contribution in [-0.2, 0) is 14.8 Å². The molecule has 0 aliphatic heterocycles. The normalized spacial score (nSPS) is 13.1. The second-order valence-corrected chi connectivity index (χ2v) is 6.78. The van der Waals surface area contributed by atoms with Crippen molar-refractivity contribution in [3.8, 4) is 0 Å². The van der Waals surface area contributed by atoms with Crippen LogP contribution >= 0.6 is 15.9 Å². The van der Waals surface area contributed by atoms with E-state index in [0.29, 0.717) is 6.54 Å². The Morgan fingerprint density at radius 1 is 1.37 bits per heavy atom. The number of amides is 1. The summed E-state index contributed by atoms with van der Waals surface area (Å²) < 4.78 is 27.3. The van der Waals surface area contributed by atoms with Crippen LogP contribution in [0, 0.1) is 0 Å². The number of sulfonamides is 1. The van der Waals surface area contributed by atoms with Crippen molar-refractivity contribution in [3.63, 3.8) is 0 Å². The van der Waals surface area contributed by atoms with Crippen LogP contribution in [0.2, 0.25) is 0 Å². The molecule has 0 aromatic heterocycles. The Balaban J connectivity index is 2.86. The number of nitrogens with one attached hydrogen (secondary N) is 1. The second-order valence-electron chi connectivity index (χ2n) is 4.15. The molecule has 5 nitrogen and oxygen atoms in total. The van der Waals surface area contributed by atoms with Gasteiger partial charge >= 0.3 is 0 Å². The summed E-state index contributed by atoms with van der Waals surface area (Å²) in [4.78, 5) is 13.4. The van der Waals surface area contributed by atoms with Gasteiger partial charge in [-0.3, -0.25) is 4.79 Å². The zero-order valence-corrected chi connectivity index (χ0v) is 13.5. The highest BCUT2D eigenvalue weighted by Gasteiger charge is 2.23. The predicted octanol–water partition coefficient (Wildman–Crippen LogP) is 1.59. The third kappa shape index (κ3) is 4.29. The molecule has 0 fully saturated rings. The highest BCUT2D eigenvalue weighted by atomic mass is 79.9. The van der Waals surface area contributed by atoms with Crippen molar-refractivity contribution in [2.75, 3.05) is 13.6 Å². The first kappa shape index (κ1) is 16.1. The molecule has 1 N–H and O–H groups in total. The van der Waals surface area contributed by atoms with Gasteiger partial charge in [0.05, 0.1) is 10.9 Å². The summed E-state index contributed by atoms with van der Waals surface area (Å²) in [5.74, 6) is -0.261. The molecule has 0 heterocycles. The molecule has 0 radical (unpaired) electrons. The van der Waals surface area contributed by atoms with E-state index in [1.54, 1.807) is 19.2 Å². The fourth-order valence-electron chi connectivity index (χ4n) is 1.45. The Morgan fingerprint density at radius 2 is 1.89 bits per heavy atom. The first-order valence-electron chi connectivity index (χ1n) is 5.80. The van der Waals surface area contributed by atoms with Gasteiger partial charge in [0, 0.05) is 18.1 Å². The molecule has 0 bridgehead atoms. The minimum atomic E-state index is -3.68. The number of rotatable bonds is 5. The Labute approximate surface area is 122 Å². The molecule has 1 aromatic carbocycles. The van der Waals surface area contributed by atoms with Crippen molar-refractivity contribution in [1.29, 1.82) is 0 Å². The zero-order valence-electron chi connectivity index (χ0n) is 11.1. The SMILES string of the molecule is CCN(C)C(=O)C(C)NS(=O)(=O)c1ccc(Br)cc1. The van der Waals surface area contributed by atoms with Crippen molar-refractivity contribution in [1.82, 2.24) is 9.62 Å². The molecule has 0 saturated heterocycles. The smallest absolute Gasteiger partial charge is 0.241 e. The van der Waals surface area contributed by atoms with Crippen molar-refractivity contribution in [2.24, 2.45) is 0 Å². The van der Waals surface area contributed by atoms with Gasteiger partial charge in [-0.25, -0.2) is 8.42 Å². The van der Waals surface area contributed by atoms with Crippen LogP contribution in [-0.4, -0.2) is 38.9 Å². The van der Waals surface area contributed by atoms with E-state index in [2.05, 4.69) is 20.7 Å². The highest BCUT2D eigenvalue weighted by molar-refractivity contribution is 9.10. The van der Waals surface area contributed by atoms with Crippen LogP contribution in [0.5, 0.6) is 0 Å². The molecule has 0 spiro atoms. The average molecular weight is 349 g/mol. The second kappa shape index (κ2) is 6.49. The summed E-state index contributed by atoms with van der Waals surface area (Å²) in [7, 11) is -2.05. The van der Waals surface area contributed by atoms with Crippen LogP contribution in [0.3, 0.4) is 0 Å². The van der Waals surface area contributed by atoms with Gasteiger partial charge in [-0.15, -0.1) is 0 Å². The molecule has 1 rings (SSSR count). The van der Waals surface area contributed by atoms with Crippen LogP contribution in [0.1, 0.15) is 13.8 Å². The van der Waals surface area contributed by atoms with Gasteiger partial charge in [-0.1, -0.05) is 15.9 Å². The molecule has 1 amide bonds. The Bertz CT molecular complexity index is 543. The Morgan fingerprint density at radius 3 is 2.37 bits per heavy atom. The monoisotopic (exact) mass is 348 g/mol. The Kier molecular flexibility index (Phi) is 5.51. The zero-order chi connectivity index (χ0) is 14.6. The van der Waals surface area contributed by atoms with Crippen LogP contribution in [0.15, 0.2) is 33.6 Å². The van der Waals surface area contributed by atoms with Crippen LogP contribution < -0.4 is 4.72 Å². The van der Waals surface area contributed by atoms with E-state index in [1.807, 2.05) is 6.92 Å². The largest absolute Gasteiger partial charge is 0.345 e. The fraction of sp³-hybridized carbons (Fsp3) is 0.417. The summed E-state index contributed by atoms with van der Waals surface area (Å²) in [5.41, 5.74) is 0. The number of benzene rings is 1. The maximum atomic E-state index is 12.1. The molecule has 1 unspecified atom stereocenters. The van der Waals surface area contributed by atoms with Gasteiger partial charge < -0.3 is 4.90 Å². The van der Waals surface area contributed by atoms with E-state index in [4.69, 9.17) is 0 Å². The molecular weight excluding hydrogens is 332 g/mol. The molecule has 7 heteroatoms. The average Bonchev–Trinajstić information content (AvgIpc) is 2.36. The lowest BCUT2D eigenvalue weighted by molar-refractivity contribution is -0.131. The number of carbonyl (C=O) groups is 1. The lowest BCUT2D eigenvalue weighted by atomic mass is 10.3. The number of hydrogen-bond donors (Lipinski definition) is 1. The minimum Gasteiger partial charge on any atom is -0.345 e. The lowest BCUT2D eigenvalue weighted by Crippen LogP contribution is -2.45. The summed E-state index contributed by atoms with van der Waals surface area (Å²) in [6.45, 7) is 3.89. The topological polar surface area (TPSA) is 66.5 Å². The minimum absolute atomic E-state index is 0.134. The van der Waals surface area contributed by atoms with Gasteiger partial charge in [0.15, 0.2) is 0 Å². The molecule has 1 atom stereocenters. The van der Waals surface area contributed by atoms with Gasteiger partial charge in [-0.05, 0) is 38.1 Å². The van der Waals surface area contributed by atoms with Crippen LogP contribution in [0.4, 0.5) is 0 Å². The van der Waals surface area contributed by atoms with Gasteiger partial charge in [0.1, 0.15) is 0 Å². The van der Waals surface area contributed by atoms with E-state index < -0.39 is 16.1 Å². The molecule has 0 saturated carbocycles. The van der Waals surface area contributed by atoms with Crippen LogP contribution in [0.25, 0.3) is 0 Å². The van der Waals surface area contributed by atoms with Gasteiger partial charge in [-0.2, -0.15) is 4.72 Å². The van der Waals surface area contributed by atoms with E-state index in [9.17, 15) is 13.2 Å². The third-order valence-electron chi connectivity index (χ3n) is 2.68. The molecular formula is C12H17BrN2O3S. The van der Waals surface area contributed by atoms with Gasteiger partial charge in [0.25, 0.3) is 0 Å². The van der Waals surface area contributed by atoms with E-state index in [0.717, 1.165) is 4.47 Å². The predicted molar refractivity (Wildman–Crippen MR) is 77.2 cm³/mol. The molecule has 106 valence electrons. The quantitative estimate of drug-likeness (QED) is 0.878. The Hall–Kier alpha value is -0.920. The van der Waals surface area contributed by atoms with Crippen molar-refractivity contribution >= 4 is 31.9 Å². The number of carbonyl (C=O) groups excluding carboxylic acids is 1. The van der Waals surface area contributed by atoms with E-state index >= 15 is 0 Å². The molecule has 1 aromatic rings. The number of nitrogens with zero attached hydrogens (tertiary/aromatic N) is 1. The molecule has 19 heavy (non-hydrogen) atoms. The number of hydrogen-bond acceptors (Lipinski definition) is 3. The lowest BCUT2D eigenvalue weighted by Gasteiger charge is -2.20. The molecule has 0 aliphatic rings. The fourth-order valence-corrected chi connectivity index (χ4v) is 2.91. The van der Waals surface area contributed by atoms with Crippen molar-refractivity contribution in [3.05, 3.63) is 28.7 Å². The molecule has 0 aliphatic carbocycles. The van der Waals surface area contributed by atoms with E-state index in [-0.39, 0.29) is 10.8 Å². The first-order chi connectivity index (χ1) is 8.77. The highest BCUT2D eigenvalue weighted by Crippen LogP contribution is 2.14. The first-order valence-corrected chi connectivity index (χ1v) is 8.08. The summed E-state index contributed by atoms with van der Waals surface area (Å²) >= 11 is 3.24. The summed E-state index contributed by atoms with van der Waals surface area (Å²) in [5, 5.41) is 0. The maximum absolute atomic E-state index is 12.1. The summed E-state index contributed by atoms with van der Waals surface area (Å²) in [6.07, 6.45) is 0. The van der Waals surface area contributed by atoms with Gasteiger partial charge in [0.2, 0.25) is 15.9 Å². The number of halogens is 1. The van der Waals surface area contributed by atoms with E-state index in [1.165, 1.54) is 24.0 Å². The maximum Gasteiger partial charge on any atom is 0.241 e. The third-order valence-corrected chi connectivity index (χ3v) is 4.76.